The van der Waals surface area contributed by atoms with E-state index in [4.69, 9.17) is 4.42 Å². The molecule has 26 heavy (non-hydrogen) atoms. The van der Waals surface area contributed by atoms with Gasteiger partial charge in [-0.25, -0.2) is 0 Å². The van der Waals surface area contributed by atoms with Crippen LogP contribution in [0.3, 0.4) is 0 Å². The van der Waals surface area contributed by atoms with Gasteiger partial charge in [-0.15, -0.1) is 0 Å². The Morgan fingerprint density at radius 2 is 1.88 bits per heavy atom. The molecular weight excluding hydrogens is 334 g/mol. The van der Waals surface area contributed by atoms with Crippen LogP contribution < -0.4 is 10.6 Å². The standard InChI is InChI=1S/C19H19N3O4/c1-19(2)9-13-17(14(23)10-19)18(15-7-8-16(26-15)22(24)25)21-12-6-4-3-5-11(12)20-13/h3-8,18,20-21H,9-10H2,1-2H3/t18-/m0/s1. The lowest BCUT2D eigenvalue weighted by atomic mass is 9.74. The molecule has 0 spiro atoms. The summed E-state index contributed by atoms with van der Waals surface area (Å²) in [5.41, 5.74) is 2.96. The average Bonchev–Trinajstić information content (AvgIpc) is 2.98. The van der Waals surface area contributed by atoms with Gasteiger partial charge in [-0.2, -0.15) is 0 Å². The largest absolute Gasteiger partial charge is 0.433 e. The van der Waals surface area contributed by atoms with E-state index < -0.39 is 11.0 Å². The molecule has 2 aromatic rings. The first kappa shape index (κ1) is 16.4. The fourth-order valence-corrected chi connectivity index (χ4v) is 3.70. The molecule has 1 aliphatic heterocycles. The number of para-hydroxylation sites is 2. The number of ketones is 1. The summed E-state index contributed by atoms with van der Waals surface area (Å²) in [5.74, 6) is 0.0434. The summed E-state index contributed by atoms with van der Waals surface area (Å²) in [5, 5.41) is 17.7. The van der Waals surface area contributed by atoms with Gasteiger partial charge in [0.05, 0.1) is 17.4 Å². The number of Topliss-reactive ketones (excluding diaryl/α,β-unsaturated/α-hetero) is 1. The van der Waals surface area contributed by atoms with Crippen LogP contribution in [0.1, 0.15) is 38.5 Å². The molecular formula is C19H19N3O4. The van der Waals surface area contributed by atoms with Gasteiger partial charge in [0.25, 0.3) is 0 Å². The molecule has 1 aromatic heterocycles. The summed E-state index contributed by atoms with van der Waals surface area (Å²) in [6.07, 6.45) is 1.13. The molecule has 1 aromatic carbocycles. The van der Waals surface area contributed by atoms with E-state index in [0.29, 0.717) is 24.2 Å². The van der Waals surface area contributed by atoms with E-state index in [1.54, 1.807) is 6.07 Å². The number of benzene rings is 1. The van der Waals surface area contributed by atoms with Crippen LogP contribution in [0.5, 0.6) is 0 Å². The summed E-state index contributed by atoms with van der Waals surface area (Å²) in [4.78, 5) is 23.4. The first-order chi connectivity index (χ1) is 12.3. The lowest BCUT2D eigenvalue weighted by molar-refractivity contribution is -0.402. The predicted octanol–water partition coefficient (Wildman–Crippen LogP) is 4.41. The highest BCUT2D eigenvalue weighted by molar-refractivity contribution is 6.01. The molecule has 0 fully saturated rings. The van der Waals surface area contributed by atoms with Crippen molar-refractivity contribution >= 4 is 23.0 Å². The lowest BCUT2D eigenvalue weighted by Gasteiger charge is -2.33. The van der Waals surface area contributed by atoms with E-state index in [2.05, 4.69) is 24.5 Å². The first-order valence-electron chi connectivity index (χ1n) is 8.47. The topological polar surface area (TPSA) is 97.4 Å². The Bertz CT molecular complexity index is 942. The summed E-state index contributed by atoms with van der Waals surface area (Å²) in [6, 6.07) is 9.96. The molecule has 4 rings (SSSR count). The number of hydrogen-bond acceptors (Lipinski definition) is 6. The Morgan fingerprint density at radius 3 is 2.58 bits per heavy atom. The fourth-order valence-electron chi connectivity index (χ4n) is 3.70. The number of allylic oxidation sites excluding steroid dienone is 1. The van der Waals surface area contributed by atoms with E-state index >= 15 is 0 Å². The monoisotopic (exact) mass is 353 g/mol. The van der Waals surface area contributed by atoms with Gasteiger partial charge in [0.1, 0.15) is 16.7 Å². The molecule has 0 amide bonds. The van der Waals surface area contributed by atoms with Crippen LogP contribution in [-0.4, -0.2) is 10.7 Å². The molecule has 7 heteroatoms. The minimum absolute atomic E-state index is 0.0214. The SMILES string of the molecule is CC1(C)CC(=O)C2=C(C1)Nc1ccccc1N[C@H]2c1ccc([N+](=O)[O-])o1. The third-order valence-corrected chi connectivity index (χ3v) is 4.80. The highest BCUT2D eigenvalue weighted by Crippen LogP contribution is 2.45. The normalized spacial score (nSPS) is 21.2. The Morgan fingerprint density at radius 1 is 1.15 bits per heavy atom. The summed E-state index contributed by atoms with van der Waals surface area (Å²) in [7, 11) is 0. The van der Waals surface area contributed by atoms with Crippen molar-refractivity contribution in [3.05, 3.63) is 63.5 Å². The predicted molar refractivity (Wildman–Crippen MR) is 96.8 cm³/mol. The summed E-state index contributed by atoms with van der Waals surface area (Å²) >= 11 is 0. The number of nitro groups is 1. The van der Waals surface area contributed by atoms with Gasteiger partial charge in [-0.05, 0) is 30.0 Å². The summed E-state index contributed by atoms with van der Waals surface area (Å²) in [6.45, 7) is 4.13. The maximum absolute atomic E-state index is 13.0. The van der Waals surface area contributed by atoms with E-state index in [1.165, 1.54) is 6.07 Å². The van der Waals surface area contributed by atoms with Gasteiger partial charge in [0, 0.05) is 17.7 Å². The molecule has 0 radical (unpaired) electrons. The minimum atomic E-state index is -0.576. The Kier molecular flexibility index (Phi) is 3.61. The Balaban J connectivity index is 1.86. The number of nitrogens with one attached hydrogen (secondary N) is 2. The zero-order chi connectivity index (χ0) is 18.5. The van der Waals surface area contributed by atoms with Crippen molar-refractivity contribution in [2.24, 2.45) is 5.41 Å². The Hall–Kier alpha value is -3.09. The van der Waals surface area contributed by atoms with Gasteiger partial charge < -0.3 is 15.1 Å². The van der Waals surface area contributed by atoms with Crippen LogP contribution in [0, 0.1) is 15.5 Å². The molecule has 1 atom stereocenters. The van der Waals surface area contributed by atoms with Crippen LogP contribution in [0.4, 0.5) is 17.3 Å². The second-order valence-corrected chi connectivity index (χ2v) is 7.51. The number of carbonyl (C=O) groups is 1. The van der Waals surface area contributed by atoms with Crippen LogP contribution >= 0.6 is 0 Å². The molecule has 2 aliphatic rings. The third kappa shape index (κ3) is 2.75. The van der Waals surface area contributed by atoms with Crippen LogP contribution in [0.25, 0.3) is 0 Å². The van der Waals surface area contributed by atoms with Gasteiger partial charge in [0.2, 0.25) is 0 Å². The van der Waals surface area contributed by atoms with Gasteiger partial charge in [-0.1, -0.05) is 26.0 Å². The van der Waals surface area contributed by atoms with Crippen molar-refractivity contribution in [2.45, 2.75) is 32.7 Å². The van der Waals surface area contributed by atoms with Crippen molar-refractivity contribution in [3.8, 4) is 0 Å². The molecule has 0 saturated heterocycles. The minimum Gasteiger partial charge on any atom is -0.403 e. The molecule has 1 aliphatic carbocycles. The number of nitrogens with zero attached hydrogens (tertiary/aromatic N) is 1. The average molecular weight is 353 g/mol. The maximum Gasteiger partial charge on any atom is 0.433 e. The van der Waals surface area contributed by atoms with Crippen molar-refractivity contribution in [3.63, 3.8) is 0 Å². The Labute approximate surface area is 150 Å². The van der Waals surface area contributed by atoms with Crippen LogP contribution in [0.15, 0.2) is 52.1 Å². The van der Waals surface area contributed by atoms with E-state index in [1.807, 2.05) is 24.3 Å². The van der Waals surface area contributed by atoms with E-state index in [9.17, 15) is 14.9 Å². The lowest BCUT2D eigenvalue weighted by Crippen LogP contribution is -2.31. The van der Waals surface area contributed by atoms with Gasteiger partial charge in [-0.3, -0.25) is 14.9 Å². The van der Waals surface area contributed by atoms with E-state index in [0.717, 1.165) is 17.1 Å². The van der Waals surface area contributed by atoms with Crippen molar-refractivity contribution in [2.75, 3.05) is 10.6 Å². The van der Waals surface area contributed by atoms with Crippen molar-refractivity contribution in [1.82, 2.24) is 0 Å². The highest BCUT2D eigenvalue weighted by Gasteiger charge is 2.40. The molecule has 0 unspecified atom stereocenters. The van der Waals surface area contributed by atoms with Crippen molar-refractivity contribution in [1.29, 1.82) is 0 Å². The zero-order valence-electron chi connectivity index (χ0n) is 14.5. The number of carbonyl (C=O) groups excluding carboxylic acids is 1. The van der Waals surface area contributed by atoms with Crippen molar-refractivity contribution < 1.29 is 14.1 Å². The highest BCUT2D eigenvalue weighted by atomic mass is 16.6. The smallest absolute Gasteiger partial charge is 0.403 e. The quantitative estimate of drug-likeness (QED) is 0.613. The zero-order valence-corrected chi connectivity index (χ0v) is 14.5. The summed E-state index contributed by atoms with van der Waals surface area (Å²) < 4.78 is 5.43. The number of hydrogen-bond donors (Lipinski definition) is 2. The van der Waals surface area contributed by atoms with Gasteiger partial charge in [0.15, 0.2) is 5.78 Å². The molecule has 0 saturated carbocycles. The number of fused-ring (bicyclic) bond motifs is 1. The van der Waals surface area contributed by atoms with Crippen LogP contribution in [-0.2, 0) is 4.79 Å². The van der Waals surface area contributed by atoms with Gasteiger partial charge >= 0.3 is 5.88 Å². The molecule has 2 heterocycles. The molecule has 134 valence electrons. The van der Waals surface area contributed by atoms with Crippen LogP contribution in [0.2, 0.25) is 0 Å². The fraction of sp³-hybridized carbons (Fsp3) is 0.316. The first-order valence-corrected chi connectivity index (χ1v) is 8.47. The molecule has 7 nitrogen and oxygen atoms in total. The molecule has 0 bridgehead atoms. The number of furan rings is 1. The second-order valence-electron chi connectivity index (χ2n) is 7.51. The maximum atomic E-state index is 13.0. The van der Waals surface area contributed by atoms with E-state index in [-0.39, 0.29) is 17.1 Å². The number of rotatable bonds is 2. The molecule has 2 N–H and O–H groups in total. The number of anilines is 2. The second kappa shape index (κ2) is 5.72. The third-order valence-electron chi connectivity index (χ3n) is 4.80.